The fourth-order valence-electron chi connectivity index (χ4n) is 5.28. The molecule has 0 aromatic heterocycles. The Kier molecular flexibility index (Phi) is 8.58. The Bertz CT molecular complexity index is 1500. The molecule has 1 N–H and O–H groups in total. The highest BCUT2D eigenvalue weighted by Crippen LogP contribution is 2.44. The number of esters is 1. The largest absolute Gasteiger partial charge is 0.492 e. The van der Waals surface area contributed by atoms with Gasteiger partial charge in [0.05, 0.1) is 17.8 Å². The van der Waals surface area contributed by atoms with Crippen molar-refractivity contribution < 1.29 is 33.2 Å². The summed E-state index contributed by atoms with van der Waals surface area (Å²) in [5.74, 6) is -1.65. The van der Waals surface area contributed by atoms with Crippen molar-refractivity contribution in [2.45, 2.75) is 51.7 Å². The van der Waals surface area contributed by atoms with Crippen molar-refractivity contribution in [1.29, 1.82) is 0 Å². The molecule has 0 atom stereocenters. The van der Waals surface area contributed by atoms with E-state index in [-0.39, 0.29) is 31.2 Å². The molecule has 1 aliphatic heterocycles. The number of benzene rings is 3. The Morgan fingerprint density at radius 1 is 0.837 bits per heavy atom. The summed E-state index contributed by atoms with van der Waals surface area (Å²) in [7, 11) is -0.722. The number of ether oxygens (including phenoxy) is 2. The number of fused-ring (bicyclic) bond motifs is 3. The van der Waals surface area contributed by atoms with Crippen LogP contribution in [0, 0.1) is 0 Å². The van der Waals surface area contributed by atoms with E-state index in [4.69, 9.17) is 18.8 Å². The summed E-state index contributed by atoms with van der Waals surface area (Å²) in [4.78, 5) is 37.1. The molecule has 1 amide bonds. The van der Waals surface area contributed by atoms with Crippen LogP contribution in [0.4, 0.5) is 4.79 Å². The molecule has 0 unspecified atom stereocenters. The highest BCUT2D eigenvalue weighted by Gasteiger charge is 2.52. The van der Waals surface area contributed by atoms with Crippen molar-refractivity contribution in [2.75, 3.05) is 19.8 Å². The molecular weight excluding hydrogens is 545 g/mol. The topological polar surface area (TPSA) is 100 Å². The van der Waals surface area contributed by atoms with Gasteiger partial charge in [-0.3, -0.25) is 4.79 Å². The average molecular weight is 581 g/mol. The third kappa shape index (κ3) is 6.28. The minimum absolute atomic E-state index is 0.0490. The van der Waals surface area contributed by atoms with Crippen LogP contribution in [0.25, 0.3) is 17.2 Å². The second-order valence-electron chi connectivity index (χ2n) is 11.7. The van der Waals surface area contributed by atoms with Gasteiger partial charge < -0.3 is 24.1 Å². The van der Waals surface area contributed by atoms with Gasteiger partial charge in [0.25, 0.3) is 5.78 Å². The van der Waals surface area contributed by atoms with Crippen LogP contribution in [-0.4, -0.2) is 55.9 Å². The highest BCUT2D eigenvalue weighted by atomic mass is 16.7. The lowest BCUT2D eigenvalue weighted by Crippen LogP contribution is -2.41. The number of amides is 1. The summed E-state index contributed by atoms with van der Waals surface area (Å²) in [5.41, 5.74) is 5.05. The Labute approximate surface area is 252 Å². The number of carbonyl (C=O) groups excluding carboxylic acids is 3. The van der Waals surface area contributed by atoms with E-state index in [9.17, 15) is 14.4 Å². The lowest BCUT2D eigenvalue weighted by atomic mass is 9.77. The average Bonchev–Trinajstić information content (AvgIpc) is 3.42. The summed E-state index contributed by atoms with van der Waals surface area (Å²) in [5, 5.41) is 2.86. The first-order valence-electron chi connectivity index (χ1n) is 14.5. The zero-order chi connectivity index (χ0) is 30.8. The van der Waals surface area contributed by atoms with E-state index in [1.165, 1.54) is 0 Å². The summed E-state index contributed by atoms with van der Waals surface area (Å²) in [6, 6.07) is 22.9. The maximum Gasteiger partial charge on any atom is 0.492 e. The molecule has 0 radical (unpaired) electrons. The number of hydrogen-bond acceptors (Lipinski definition) is 7. The smallest absolute Gasteiger partial charge is 0.460 e. The Morgan fingerprint density at radius 3 is 1.95 bits per heavy atom. The molecule has 222 valence electrons. The van der Waals surface area contributed by atoms with E-state index in [1.807, 2.05) is 58.0 Å². The van der Waals surface area contributed by atoms with Gasteiger partial charge in [-0.2, -0.15) is 0 Å². The normalized spacial score (nSPS) is 16.8. The van der Waals surface area contributed by atoms with E-state index >= 15 is 0 Å². The molecule has 1 saturated heterocycles. The van der Waals surface area contributed by atoms with Crippen molar-refractivity contribution in [3.05, 3.63) is 101 Å². The number of nitrogens with one attached hydrogen (secondary N) is 1. The maximum absolute atomic E-state index is 13.0. The highest BCUT2D eigenvalue weighted by molar-refractivity contribution is 6.56. The molecular formula is C34H36BNO7. The number of rotatable bonds is 9. The first-order chi connectivity index (χ1) is 20.5. The predicted octanol–water partition coefficient (Wildman–Crippen LogP) is 5.99. The van der Waals surface area contributed by atoms with E-state index in [2.05, 4.69) is 29.6 Å². The van der Waals surface area contributed by atoms with Gasteiger partial charge in [0.2, 0.25) is 0 Å². The lowest BCUT2D eigenvalue weighted by molar-refractivity contribution is -0.137. The molecule has 0 spiro atoms. The van der Waals surface area contributed by atoms with E-state index in [0.29, 0.717) is 5.47 Å². The van der Waals surface area contributed by atoms with Gasteiger partial charge >= 0.3 is 19.2 Å². The van der Waals surface area contributed by atoms with Crippen LogP contribution >= 0.6 is 0 Å². The van der Waals surface area contributed by atoms with Gasteiger partial charge in [-0.25, -0.2) is 9.59 Å². The summed E-state index contributed by atoms with van der Waals surface area (Å²) >= 11 is 0. The van der Waals surface area contributed by atoms with Gasteiger partial charge in [-0.15, -0.1) is 0 Å². The standard InChI is InChI=1S/C34H36BNO7/c1-6-40-31(38)30(37)23-17-15-22(16-18-23)19-24(35-42-33(2,3)34(4,5)43-35)20-36-32(39)41-21-29-27-13-9-7-11-25(27)26-12-8-10-14-28(26)29/h7-19,29H,6,20-21H2,1-5H3,(H,36,39). The van der Waals surface area contributed by atoms with E-state index in [1.54, 1.807) is 31.2 Å². The molecule has 0 bridgehead atoms. The SMILES string of the molecule is CCOC(=O)C(=O)c1ccc(C=C(CNC(=O)OCC2c3ccccc3-c3ccccc32)B2OC(C)(C)C(C)(C)O2)cc1. The van der Waals surface area contributed by atoms with Crippen molar-refractivity contribution in [2.24, 2.45) is 0 Å². The minimum atomic E-state index is -0.893. The summed E-state index contributed by atoms with van der Waals surface area (Å²) in [6.45, 7) is 9.91. The zero-order valence-corrected chi connectivity index (χ0v) is 25.1. The first-order valence-corrected chi connectivity index (χ1v) is 14.5. The number of alkyl carbamates (subject to hydrolysis) is 1. The third-order valence-corrected chi connectivity index (χ3v) is 8.32. The molecule has 5 rings (SSSR count). The molecule has 3 aromatic rings. The minimum Gasteiger partial charge on any atom is -0.460 e. The predicted molar refractivity (Wildman–Crippen MR) is 165 cm³/mol. The van der Waals surface area contributed by atoms with Gasteiger partial charge in [0, 0.05) is 18.0 Å². The molecule has 0 saturated carbocycles. The van der Waals surface area contributed by atoms with Crippen molar-refractivity contribution in [1.82, 2.24) is 5.32 Å². The first kappa shape index (κ1) is 30.3. The van der Waals surface area contributed by atoms with Crippen LogP contribution in [-0.2, 0) is 23.6 Å². The van der Waals surface area contributed by atoms with Crippen LogP contribution in [0.5, 0.6) is 0 Å². The monoisotopic (exact) mass is 581 g/mol. The molecule has 43 heavy (non-hydrogen) atoms. The third-order valence-electron chi connectivity index (χ3n) is 8.32. The second-order valence-corrected chi connectivity index (χ2v) is 11.7. The van der Waals surface area contributed by atoms with Crippen molar-refractivity contribution in [3.8, 4) is 11.1 Å². The molecule has 1 aliphatic carbocycles. The van der Waals surface area contributed by atoms with E-state index < -0.39 is 36.2 Å². The van der Waals surface area contributed by atoms with Gasteiger partial charge in [0.1, 0.15) is 6.61 Å². The lowest BCUT2D eigenvalue weighted by Gasteiger charge is -2.32. The number of Topliss-reactive ketones (excluding diaryl/α,β-unsaturated/α-hetero) is 1. The van der Waals surface area contributed by atoms with E-state index in [0.717, 1.165) is 27.8 Å². The summed E-state index contributed by atoms with van der Waals surface area (Å²) in [6.07, 6.45) is 1.28. The number of carbonyl (C=O) groups is 3. The number of hydrogen-bond donors (Lipinski definition) is 1. The number of ketones is 1. The fourth-order valence-corrected chi connectivity index (χ4v) is 5.28. The van der Waals surface area contributed by atoms with Crippen LogP contribution in [0.3, 0.4) is 0 Å². The van der Waals surface area contributed by atoms with Crippen LogP contribution in [0.15, 0.2) is 78.3 Å². The molecule has 1 heterocycles. The Balaban J connectivity index is 1.30. The molecule has 3 aromatic carbocycles. The fraction of sp³-hybridized carbons (Fsp3) is 0.324. The second kappa shape index (κ2) is 12.2. The zero-order valence-electron chi connectivity index (χ0n) is 25.1. The molecule has 1 fully saturated rings. The molecule has 2 aliphatic rings. The van der Waals surface area contributed by atoms with Crippen molar-refractivity contribution in [3.63, 3.8) is 0 Å². The molecule has 9 heteroatoms. The van der Waals surface area contributed by atoms with Crippen LogP contribution < -0.4 is 5.32 Å². The van der Waals surface area contributed by atoms with Crippen LogP contribution in [0.2, 0.25) is 0 Å². The Hall–Kier alpha value is -4.21. The van der Waals surface area contributed by atoms with Crippen LogP contribution in [0.1, 0.15) is 67.6 Å². The van der Waals surface area contributed by atoms with Gasteiger partial charge in [0.15, 0.2) is 0 Å². The van der Waals surface area contributed by atoms with Gasteiger partial charge in [-0.1, -0.05) is 78.9 Å². The maximum atomic E-state index is 13.0. The summed E-state index contributed by atoms with van der Waals surface area (Å²) < 4.78 is 23.1. The van der Waals surface area contributed by atoms with Crippen molar-refractivity contribution >= 4 is 31.0 Å². The Morgan fingerprint density at radius 2 is 1.40 bits per heavy atom. The quantitative estimate of drug-likeness (QED) is 0.144. The molecule has 8 nitrogen and oxygen atoms in total. The van der Waals surface area contributed by atoms with Gasteiger partial charge in [-0.05, 0) is 67.9 Å².